The molecule has 8 heteroatoms. The minimum atomic E-state index is -0.176. The molecule has 1 amide bonds. The van der Waals surface area contributed by atoms with Gasteiger partial charge in [0.2, 0.25) is 5.91 Å². The van der Waals surface area contributed by atoms with Crippen LogP contribution >= 0.6 is 23.1 Å². The number of fused-ring (bicyclic) bond motifs is 1. The van der Waals surface area contributed by atoms with Crippen molar-refractivity contribution < 1.29 is 4.79 Å². The van der Waals surface area contributed by atoms with Gasteiger partial charge in [-0.25, -0.2) is 4.98 Å². The highest BCUT2D eigenvalue weighted by Crippen LogP contribution is 2.32. The summed E-state index contributed by atoms with van der Waals surface area (Å²) in [5, 5.41) is 9.28. The number of nitrogens with one attached hydrogen (secondary N) is 2. The molecule has 2 heterocycles. The molecular formula is C29H24N4O2S2. The highest BCUT2D eigenvalue weighted by Gasteiger charge is 2.17. The third kappa shape index (κ3) is 5.66. The fraction of sp³-hybridized carbons (Fsp3) is 0.0690. The van der Waals surface area contributed by atoms with Crippen LogP contribution in [-0.2, 0) is 11.3 Å². The Morgan fingerprint density at radius 2 is 1.59 bits per heavy atom. The SMILES string of the molecule is C=CCn1c(SCC(=O)Nc2ccc(Nc3ccccc3)cc2)nc2scc(-c3ccccc3)c2c1=O. The number of nitrogens with zero attached hydrogens (tertiary/aromatic N) is 2. The van der Waals surface area contributed by atoms with E-state index in [0.717, 1.165) is 22.5 Å². The summed E-state index contributed by atoms with van der Waals surface area (Å²) >= 11 is 2.67. The minimum absolute atomic E-state index is 0.121. The molecule has 2 aromatic heterocycles. The van der Waals surface area contributed by atoms with E-state index in [1.54, 1.807) is 10.6 Å². The van der Waals surface area contributed by atoms with E-state index in [1.165, 1.54) is 23.1 Å². The number of benzene rings is 3. The molecule has 0 saturated heterocycles. The number of para-hydroxylation sites is 1. The second-order valence-corrected chi connectivity index (χ2v) is 10.0. The number of hydrogen-bond acceptors (Lipinski definition) is 6. The molecule has 37 heavy (non-hydrogen) atoms. The second-order valence-electron chi connectivity index (χ2n) is 8.20. The second kappa shape index (κ2) is 11.3. The van der Waals surface area contributed by atoms with E-state index in [9.17, 15) is 9.59 Å². The summed E-state index contributed by atoms with van der Waals surface area (Å²) in [5.74, 6) is -0.0554. The Hall–Kier alpha value is -4.14. The van der Waals surface area contributed by atoms with Gasteiger partial charge in [0.25, 0.3) is 5.56 Å². The molecule has 0 radical (unpaired) electrons. The van der Waals surface area contributed by atoms with Gasteiger partial charge in [-0.2, -0.15) is 0 Å². The van der Waals surface area contributed by atoms with Crippen molar-refractivity contribution in [2.24, 2.45) is 0 Å². The molecule has 5 rings (SSSR count). The Balaban J connectivity index is 1.30. The van der Waals surface area contributed by atoms with Gasteiger partial charge in [0.15, 0.2) is 5.16 Å². The van der Waals surface area contributed by atoms with E-state index in [4.69, 9.17) is 4.98 Å². The number of allylic oxidation sites excluding steroid dienone is 1. The summed E-state index contributed by atoms with van der Waals surface area (Å²) in [5.41, 5.74) is 4.33. The molecule has 3 aromatic carbocycles. The first-order valence-corrected chi connectivity index (χ1v) is 13.5. The van der Waals surface area contributed by atoms with E-state index in [1.807, 2.05) is 90.3 Å². The van der Waals surface area contributed by atoms with Gasteiger partial charge in [-0.1, -0.05) is 66.4 Å². The van der Waals surface area contributed by atoms with Crippen molar-refractivity contribution in [1.29, 1.82) is 0 Å². The first-order valence-electron chi connectivity index (χ1n) is 11.7. The van der Waals surface area contributed by atoms with Gasteiger partial charge in [-0.05, 0) is 42.0 Å². The molecule has 0 unspecified atom stereocenters. The summed E-state index contributed by atoms with van der Waals surface area (Å²) in [7, 11) is 0. The minimum Gasteiger partial charge on any atom is -0.356 e. The fourth-order valence-electron chi connectivity index (χ4n) is 3.89. The van der Waals surface area contributed by atoms with Crippen molar-refractivity contribution in [3.8, 4) is 11.1 Å². The van der Waals surface area contributed by atoms with Crippen LogP contribution in [0.5, 0.6) is 0 Å². The molecule has 0 spiro atoms. The maximum absolute atomic E-state index is 13.5. The predicted molar refractivity (Wildman–Crippen MR) is 155 cm³/mol. The van der Waals surface area contributed by atoms with Crippen LogP contribution in [0.4, 0.5) is 17.1 Å². The zero-order chi connectivity index (χ0) is 25.6. The summed E-state index contributed by atoms with van der Waals surface area (Å²) in [6.07, 6.45) is 1.67. The van der Waals surface area contributed by atoms with Crippen molar-refractivity contribution in [2.75, 3.05) is 16.4 Å². The molecule has 6 nitrogen and oxygen atoms in total. The van der Waals surface area contributed by atoms with Crippen molar-refractivity contribution in [3.63, 3.8) is 0 Å². The Labute approximate surface area is 222 Å². The summed E-state index contributed by atoms with van der Waals surface area (Å²) < 4.78 is 1.58. The zero-order valence-electron chi connectivity index (χ0n) is 19.9. The molecule has 0 bridgehead atoms. The van der Waals surface area contributed by atoms with Crippen LogP contribution in [0.2, 0.25) is 0 Å². The summed E-state index contributed by atoms with van der Waals surface area (Å²) in [6.45, 7) is 4.10. The van der Waals surface area contributed by atoms with E-state index < -0.39 is 0 Å². The molecule has 2 N–H and O–H groups in total. The number of hydrogen-bond donors (Lipinski definition) is 2. The average Bonchev–Trinajstić information content (AvgIpc) is 3.36. The van der Waals surface area contributed by atoms with E-state index in [-0.39, 0.29) is 17.2 Å². The molecule has 0 aliphatic heterocycles. The number of anilines is 3. The molecule has 0 fully saturated rings. The highest BCUT2D eigenvalue weighted by atomic mass is 32.2. The Morgan fingerprint density at radius 3 is 2.30 bits per heavy atom. The lowest BCUT2D eigenvalue weighted by Crippen LogP contribution is -2.23. The van der Waals surface area contributed by atoms with Crippen molar-refractivity contribution in [2.45, 2.75) is 11.7 Å². The molecule has 0 saturated carbocycles. The van der Waals surface area contributed by atoms with Crippen molar-refractivity contribution in [1.82, 2.24) is 9.55 Å². The monoisotopic (exact) mass is 524 g/mol. The van der Waals surface area contributed by atoms with Crippen molar-refractivity contribution in [3.05, 3.63) is 113 Å². The van der Waals surface area contributed by atoms with Crippen LogP contribution in [0, 0.1) is 0 Å². The molecular weight excluding hydrogens is 500 g/mol. The molecule has 0 aliphatic rings. The Kier molecular flexibility index (Phi) is 7.49. The maximum Gasteiger partial charge on any atom is 0.263 e. The molecule has 0 atom stereocenters. The number of aromatic nitrogens is 2. The predicted octanol–water partition coefficient (Wildman–Crippen LogP) is 6.79. The number of rotatable bonds is 9. The van der Waals surface area contributed by atoms with Crippen LogP contribution in [0.25, 0.3) is 21.3 Å². The van der Waals surface area contributed by atoms with Gasteiger partial charge < -0.3 is 10.6 Å². The quantitative estimate of drug-likeness (QED) is 0.126. The van der Waals surface area contributed by atoms with Crippen LogP contribution in [0.1, 0.15) is 0 Å². The van der Waals surface area contributed by atoms with E-state index in [0.29, 0.717) is 27.6 Å². The van der Waals surface area contributed by atoms with E-state index >= 15 is 0 Å². The fourth-order valence-corrected chi connectivity index (χ4v) is 5.69. The van der Waals surface area contributed by atoms with E-state index in [2.05, 4.69) is 17.2 Å². The highest BCUT2D eigenvalue weighted by molar-refractivity contribution is 7.99. The number of thioether (sulfide) groups is 1. The molecule has 5 aromatic rings. The Morgan fingerprint density at radius 1 is 0.946 bits per heavy atom. The lowest BCUT2D eigenvalue weighted by atomic mass is 10.1. The maximum atomic E-state index is 13.5. The number of amides is 1. The van der Waals surface area contributed by atoms with Gasteiger partial charge in [-0.15, -0.1) is 17.9 Å². The van der Waals surface area contributed by atoms with Crippen molar-refractivity contribution >= 4 is 56.3 Å². The normalized spacial score (nSPS) is 10.8. The first kappa shape index (κ1) is 24.5. The number of thiophene rings is 1. The van der Waals surface area contributed by atoms with Crippen LogP contribution in [0.15, 0.2) is 113 Å². The van der Waals surface area contributed by atoms with Gasteiger partial charge in [-0.3, -0.25) is 14.2 Å². The smallest absolute Gasteiger partial charge is 0.263 e. The molecule has 184 valence electrons. The standard InChI is InChI=1S/C29H24N4O2S2/c1-2-17-33-28(35)26-24(20-9-5-3-6-10-20)18-36-27(26)32-29(33)37-19-25(34)31-23-15-13-22(14-16-23)30-21-11-7-4-8-12-21/h2-16,18,30H,1,17,19H2,(H,31,34). The topological polar surface area (TPSA) is 76.0 Å². The summed E-state index contributed by atoms with van der Waals surface area (Å²) in [4.78, 5) is 31.5. The van der Waals surface area contributed by atoms with Gasteiger partial charge in [0.05, 0.1) is 11.1 Å². The molecule has 0 aliphatic carbocycles. The number of carbonyl (C=O) groups is 1. The van der Waals surface area contributed by atoms with Gasteiger partial charge in [0.1, 0.15) is 4.83 Å². The first-order chi connectivity index (χ1) is 18.1. The van der Waals surface area contributed by atoms with Gasteiger partial charge >= 0.3 is 0 Å². The third-order valence-corrected chi connectivity index (χ3v) is 7.47. The largest absolute Gasteiger partial charge is 0.356 e. The van der Waals surface area contributed by atoms with Gasteiger partial charge in [0, 0.05) is 34.6 Å². The average molecular weight is 525 g/mol. The van der Waals surface area contributed by atoms with Crippen LogP contribution < -0.4 is 16.2 Å². The lowest BCUT2D eigenvalue weighted by molar-refractivity contribution is -0.113. The third-order valence-electron chi connectivity index (χ3n) is 5.62. The Bertz CT molecular complexity index is 1590. The van der Waals surface area contributed by atoms with Crippen LogP contribution in [0.3, 0.4) is 0 Å². The zero-order valence-corrected chi connectivity index (χ0v) is 21.5. The summed E-state index contributed by atoms with van der Waals surface area (Å²) in [6, 6.07) is 27.2. The number of carbonyl (C=O) groups excluding carboxylic acids is 1. The van der Waals surface area contributed by atoms with Crippen LogP contribution in [-0.4, -0.2) is 21.2 Å². The lowest BCUT2D eigenvalue weighted by Gasteiger charge is -2.11.